The molecule has 0 bridgehead atoms. The van der Waals surface area contributed by atoms with Crippen molar-refractivity contribution in [3.05, 3.63) is 69.6 Å². The van der Waals surface area contributed by atoms with Crippen LogP contribution < -0.4 is 0 Å². The largest absolute Gasteiger partial charge is 0.394 e. The van der Waals surface area contributed by atoms with Crippen molar-refractivity contribution in [3.8, 4) is 0 Å². The molecule has 0 amide bonds. The molecule has 1 aliphatic rings. The number of halogens is 2. The van der Waals surface area contributed by atoms with Gasteiger partial charge in [0.15, 0.2) is 6.17 Å². The molecule has 1 aliphatic heterocycles. The summed E-state index contributed by atoms with van der Waals surface area (Å²) in [6.45, 7) is -0.151. The number of thiophene rings is 1. The molecule has 3 nitrogen and oxygen atoms in total. The Labute approximate surface area is 166 Å². The van der Waals surface area contributed by atoms with E-state index in [0.29, 0.717) is 28.3 Å². The van der Waals surface area contributed by atoms with Crippen molar-refractivity contribution in [1.29, 1.82) is 0 Å². The van der Waals surface area contributed by atoms with Gasteiger partial charge in [-0.15, -0.1) is 11.3 Å². The Hall–Kier alpha value is -1.50. The zero-order valence-corrected chi connectivity index (χ0v) is 16.1. The highest BCUT2D eigenvalue weighted by atomic mass is 35.5. The summed E-state index contributed by atoms with van der Waals surface area (Å²) in [7, 11) is 0. The van der Waals surface area contributed by atoms with E-state index >= 15 is 4.39 Å². The number of aliphatic hydroxyl groups excluding tert-OH is 2. The van der Waals surface area contributed by atoms with Gasteiger partial charge in [-0.25, -0.2) is 4.39 Å². The maximum Gasteiger partial charge on any atom is 0.161 e. The Morgan fingerprint density at radius 3 is 2.78 bits per heavy atom. The Bertz CT molecular complexity index is 911. The summed E-state index contributed by atoms with van der Waals surface area (Å²) in [5.41, 5.74) is 1.15. The Morgan fingerprint density at radius 1 is 1.19 bits per heavy atom. The lowest BCUT2D eigenvalue weighted by atomic mass is 9.94. The lowest BCUT2D eigenvalue weighted by Gasteiger charge is -2.32. The summed E-state index contributed by atoms with van der Waals surface area (Å²) in [4.78, 5) is 0.605. The van der Waals surface area contributed by atoms with Gasteiger partial charge in [-0.2, -0.15) is 0 Å². The molecule has 4 unspecified atom stereocenters. The highest BCUT2D eigenvalue weighted by Gasteiger charge is 2.30. The second-order valence-electron chi connectivity index (χ2n) is 6.88. The molecule has 4 rings (SSSR count). The summed E-state index contributed by atoms with van der Waals surface area (Å²) < 4.78 is 22.2. The van der Waals surface area contributed by atoms with Crippen molar-refractivity contribution in [3.63, 3.8) is 0 Å². The molecule has 6 heteroatoms. The van der Waals surface area contributed by atoms with Crippen LogP contribution in [0.5, 0.6) is 0 Å². The zero-order valence-electron chi connectivity index (χ0n) is 14.5. The molecule has 4 atom stereocenters. The number of rotatable bonds is 4. The number of fused-ring (bicyclic) bond motifs is 1. The van der Waals surface area contributed by atoms with Crippen molar-refractivity contribution in [2.24, 2.45) is 0 Å². The third kappa shape index (κ3) is 3.89. The fourth-order valence-electron chi connectivity index (χ4n) is 3.56. The Morgan fingerprint density at radius 2 is 2.00 bits per heavy atom. The third-order valence-corrected chi connectivity index (χ3v) is 6.44. The molecule has 27 heavy (non-hydrogen) atoms. The molecule has 1 aromatic heterocycles. The van der Waals surface area contributed by atoms with Gasteiger partial charge in [0, 0.05) is 33.0 Å². The van der Waals surface area contributed by atoms with Crippen LogP contribution in [0.3, 0.4) is 0 Å². The van der Waals surface area contributed by atoms with Crippen LogP contribution in [0.4, 0.5) is 4.39 Å². The fraction of sp³-hybridized carbons (Fsp3) is 0.333. The maximum absolute atomic E-state index is 15.3. The number of aliphatic hydroxyl groups is 2. The van der Waals surface area contributed by atoms with Gasteiger partial charge in [0.1, 0.15) is 0 Å². The van der Waals surface area contributed by atoms with Crippen molar-refractivity contribution in [2.45, 2.75) is 37.3 Å². The third-order valence-electron chi connectivity index (χ3n) is 4.94. The highest BCUT2D eigenvalue weighted by Crippen LogP contribution is 2.40. The second-order valence-corrected chi connectivity index (χ2v) is 8.41. The minimum atomic E-state index is -1.34. The van der Waals surface area contributed by atoms with E-state index in [0.717, 1.165) is 15.6 Å². The monoisotopic (exact) mass is 406 g/mol. The predicted molar refractivity (Wildman–Crippen MR) is 106 cm³/mol. The number of hydrogen-bond donors (Lipinski definition) is 2. The summed E-state index contributed by atoms with van der Waals surface area (Å²) in [5, 5.41) is 20.8. The van der Waals surface area contributed by atoms with Gasteiger partial charge in [0.2, 0.25) is 0 Å². The standard InChI is InChI=1S/C21H20ClFO3S/c22-17-6-5-12(18-10-14(25)9-15(11-24)26-18)7-16(17)21(23)20-8-13-3-1-2-4-19(13)27-20/h1-8,14-15,18,21,24-25H,9-11H2. The fourth-order valence-corrected chi connectivity index (χ4v) is 4.83. The van der Waals surface area contributed by atoms with Crippen molar-refractivity contribution in [1.82, 2.24) is 0 Å². The van der Waals surface area contributed by atoms with Gasteiger partial charge >= 0.3 is 0 Å². The second kappa shape index (κ2) is 7.86. The molecule has 0 aliphatic carbocycles. The van der Waals surface area contributed by atoms with Crippen LogP contribution in [0.15, 0.2) is 48.5 Å². The smallest absolute Gasteiger partial charge is 0.161 e. The first kappa shape index (κ1) is 18.8. The average molecular weight is 407 g/mol. The molecule has 142 valence electrons. The molecule has 1 fully saturated rings. The molecular weight excluding hydrogens is 387 g/mol. The summed E-state index contributed by atoms with van der Waals surface area (Å²) >= 11 is 7.71. The maximum atomic E-state index is 15.3. The normalized spacial score (nSPS) is 24.2. The quantitative estimate of drug-likeness (QED) is 0.627. The first-order valence-electron chi connectivity index (χ1n) is 8.91. The molecule has 3 aromatic rings. The predicted octanol–water partition coefficient (Wildman–Crippen LogP) is 5.19. The number of ether oxygens (including phenoxy) is 1. The minimum absolute atomic E-state index is 0.151. The van der Waals surface area contributed by atoms with Crippen LogP contribution in [-0.2, 0) is 4.74 Å². The van der Waals surface area contributed by atoms with Crippen LogP contribution in [0.25, 0.3) is 10.1 Å². The van der Waals surface area contributed by atoms with Crippen LogP contribution in [0, 0.1) is 0 Å². The molecular formula is C21H20ClFO3S. The summed E-state index contributed by atoms with van der Waals surface area (Å²) in [5.74, 6) is 0. The molecule has 2 aromatic carbocycles. The lowest BCUT2D eigenvalue weighted by molar-refractivity contribution is -0.113. The Kier molecular flexibility index (Phi) is 5.48. The zero-order chi connectivity index (χ0) is 19.0. The first-order chi connectivity index (χ1) is 13.0. The van der Waals surface area contributed by atoms with E-state index in [1.807, 2.05) is 30.3 Å². The topological polar surface area (TPSA) is 49.7 Å². The van der Waals surface area contributed by atoms with Crippen molar-refractivity contribution < 1.29 is 19.3 Å². The van der Waals surface area contributed by atoms with Crippen molar-refractivity contribution >= 4 is 33.0 Å². The van der Waals surface area contributed by atoms with E-state index in [1.54, 1.807) is 18.2 Å². The summed E-state index contributed by atoms with van der Waals surface area (Å²) in [6.07, 6.45) is -1.88. The molecule has 0 radical (unpaired) electrons. The molecule has 0 spiro atoms. The van der Waals surface area contributed by atoms with Gasteiger partial charge in [-0.05, 0) is 35.2 Å². The SMILES string of the molecule is OCC1CC(O)CC(c2ccc(Cl)c(C(F)c3cc4ccccc4s3)c2)O1. The number of benzene rings is 2. The summed E-state index contributed by atoms with van der Waals surface area (Å²) in [6, 6.07) is 14.8. The van der Waals surface area contributed by atoms with E-state index in [2.05, 4.69) is 0 Å². The molecule has 2 heterocycles. The van der Waals surface area contributed by atoms with E-state index in [1.165, 1.54) is 11.3 Å². The number of alkyl halides is 1. The van der Waals surface area contributed by atoms with Crippen LogP contribution >= 0.6 is 22.9 Å². The molecule has 1 saturated heterocycles. The van der Waals surface area contributed by atoms with Crippen LogP contribution in [0.1, 0.15) is 41.1 Å². The Balaban J connectivity index is 1.65. The molecule has 0 saturated carbocycles. The van der Waals surface area contributed by atoms with Crippen LogP contribution in [-0.4, -0.2) is 29.0 Å². The van der Waals surface area contributed by atoms with E-state index < -0.39 is 24.5 Å². The van der Waals surface area contributed by atoms with Gasteiger partial charge in [-0.3, -0.25) is 0 Å². The lowest BCUT2D eigenvalue weighted by Crippen LogP contribution is -2.33. The van der Waals surface area contributed by atoms with Gasteiger partial charge < -0.3 is 14.9 Å². The van der Waals surface area contributed by atoms with Gasteiger partial charge in [0.05, 0.1) is 24.9 Å². The van der Waals surface area contributed by atoms with E-state index in [4.69, 9.17) is 16.3 Å². The van der Waals surface area contributed by atoms with Crippen LogP contribution in [0.2, 0.25) is 5.02 Å². The minimum Gasteiger partial charge on any atom is -0.394 e. The van der Waals surface area contributed by atoms with E-state index in [-0.39, 0.29) is 6.61 Å². The first-order valence-corrected chi connectivity index (χ1v) is 10.1. The van der Waals surface area contributed by atoms with Crippen molar-refractivity contribution in [2.75, 3.05) is 6.61 Å². The average Bonchev–Trinajstić information content (AvgIpc) is 3.11. The number of hydrogen-bond acceptors (Lipinski definition) is 4. The van der Waals surface area contributed by atoms with Gasteiger partial charge in [0.25, 0.3) is 0 Å². The molecule has 2 N–H and O–H groups in total. The van der Waals surface area contributed by atoms with Gasteiger partial charge in [-0.1, -0.05) is 35.9 Å². The van der Waals surface area contributed by atoms with E-state index in [9.17, 15) is 10.2 Å². The highest BCUT2D eigenvalue weighted by molar-refractivity contribution is 7.19.